The summed E-state index contributed by atoms with van der Waals surface area (Å²) >= 11 is 0. The van der Waals surface area contributed by atoms with E-state index in [4.69, 9.17) is 0 Å². The quantitative estimate of drug-likeness (QED) is 0.792. The lowest BCUT2D eigenvalue weighted by atomic mass is 10.1. The van der Waals surface area contributed by atoms with Crippen molar-refractivity contribution in [2.24, 2.45) is 0 Å². The molecule has 1 atom stereocenters. The molecule has 1 amide bonds. The highest BCUT2D eigenvalue weighted by molar-refractivity contribution is 7.90. The second-order valence-corrected chi connectivity index (χ2v) is 8.85. The first-order chi connectivity index (χ1) is 12.6. The van der Waals surface area contributed by atoms with Crippen LogP contribution in [0.4, 0.5) is 5.69 Å². The Morgan fingerprint density at radius 3 is 2.30 bits per heavy atom. The number of nitrogens with one attached hydrogen (secondary N) is 1. The standard InChI is InChI=1S/C20H27N3O3S/c1-15-11-12-16(2)19(13-15)23(27(25,26)22(4)5)14-20(24)21-17(3)18-9-7-6-8-10-18/h6-13,17H,14H2,1-5H3,(H,21,24)/t17-/m0/s1. The fourth-order valence-corrected chi connectivity index (χ4v) is 3.84. The molecular weight excluding hydrogens is 362 g/mol. The molecule has 2 rings (SSSR count). The molecule has 0 unspecified atom stereocenters. The zero-order chi connectivity index (χ0) is 20.2. The van der Waals surface area contributed by atoms with E-state index in [1.54, 1.807) is 6.07 Å². The number of aryl methyl sites for hydroxylation is 2. The van der Waals surface area contributed by atoms with Crippen molar-refractivity contribution in [3.8, 4) is 0 Å². The second-order valence-electron chi connectivity index (χ2n) is 6.79. The van der Waals surface area contributed by atoms with Crippen LogP contribution < -0.4 is 9.62 Å². The Balaban J connectivity index is 2.29. The average Bonchev–Trinajstić information content (AvgIpc) is 2.62. The van der Waals surface area contributed by atoms with Crippen LogP contribution in [-0.4, -0.2) is 39.3 Å². The number of anilines is 1. The summed E-state index contributed by atoms with van der Waals surface area (Å²) in [5.41, 5.74) is 3.17. The molecule has 146 valence electrons. The van der Waals surface area contributed by atoms with Crippen LogP contribution in [-0.2, 0) is 15.0 Å². The van der Waals surface area contributed by atoms with E-state index in [0.29, 0.717) is 5.69 Å². The van der Waals surface area contributed by atoms with Gasteiger partial charge in [-0.1, -0.05) is 42.5 Å². The Labute approximate surface area is 162 Å². The monoisotopic (exact) mass is 389 g/mol. The Morgan fingerprint density at radius 2 is 1.70 bits per heavy atom. The zero-order valence-electron chi connectivity index (χ0n) is 16.4. The highest BCUT2D eigenvalue weighted by atomic mass is 32.2. The Morgan fingerprint density at radius 1 is 1.07 bits per heavy atom. The lowest BCUT2D eigenvalue weighted by molar-refractivity contribution is -0.120. The van der Waals surface area contributed by atoms with E-state index < -0.39 is 10.2 Å². The number of hydrogen-bond acceptors (Lipinski definition) is 3. The number of carbonyl (C=O) groups is 1. The summed E-state index contributed by atoms with van der Waals surface area (Å²) in [4.78, 5) is 12.6. The summed E-state index contributed by atoms with van der Waals surface area (Å²) in [7, 11) is -0.908. The van der Waals surface area contributed by atoms with Gasteiger partial charge in [0.1, 0.15) is 6.54 Å². The normalized spacial score (nSPS) is 12.7. The molecule has 0 aliphatic heterocycles. The molecule has 1 N–H and O–H groups in total. The topological polar surface area (TPSA) is 69.7 Å². The van der Waals surface area contributed by atoms with Crippen LogP contribution in [0.25, 0.3) is 0 Å². The maximum Gasteiger partial charge on any atom is 0.304 e. The van der Waals surface area contributed by atoms with E-state index >= 15 is 0 Å². The lowest BCUT2D eigenvalue weighted by Crippen LogP contribution is -2.46. The number of rotatable bonds is 7. The lowest BCUT2D eigenvalue weighted by Gasteiger charge is -2.29. The maximum atomic E-state index is 12.9. The van der Waals surface area contributed by atoms with Gasteiger partial charge in [-0.05, 0) is 43.5 Å². The van der Waals surface area contributed by atoms with Crippen molar-refractivity contribution in [1.82, 2.24) is 9.62 Å². The van der Waals surface area contributed by atoms with Gasteiger partial charge in [0.25, 0.3) is 0 Å². The van der Waals surface area contributed by atoms with Crippen molar-refractivity contribution in [1.29, 1.82) is 0 Å². The van der Waals surface area contributed by atoms with Crippen molar-refractivity contribution >= 4 is 21.8 Å². The third kappa shape index (κ3) is 5.08. The van der Waals surface area contributed by atoms with Gasteiger partial charge >= 0.3 is 10.2 Å². The first kappa shape index (κ1) is 20.9. The highest BCUT2D eigenvalue weighted by Gasteiger charge is 2.28. The van der Waals surface area contributed by atoms with E-state index in [-0.39, 0.29) is 18.5 Å². The van der Waals surface area contributed by atoms with E-state index in [0.717, 1.165) is 25.3 Å². The van der Waals surface area contributed by atoms with Gasteiger partial charge in [0.15, 0.2) is 0 Å². The molecule has 2 aromatic rings. The van der Waals surface area contributed by atoms with Crippen molar-refractivity contribution in [3.63, 3.8) is 0 Å². The predicted octanol–water partition coefficient (Wildman–Crippen LogP) is 2.79. The number of carbonyl (C=O) groups excluding carboxylic acids is 1. The molecule has 0 aliphatic rings. The number of hydrogen-bond donors (Lipinski definition) is 1. The zero-order valence-corrected chi connectivity index (χ0v) is 17.2. The number of amides is 1. The minimum absolute atomic E-state index is 0.221. The van der Waals surface area contributed by atoms with Crippen LogP contribution in [0.3, 0.4) is 0 Å². The third-order valence-corrected chi connectivity index (χ3v) is 6.14. The van der Waals surface area contributed by atoms with Gasteiger partial charge in [-0.3, -0.25) is 4.79 Å². The van der Waals surface area contributed by atoms with Gasteiger partial charge in [-0.25, -0.2) is 4.31 Å². The average molecular weight is 390 g/mol. The van der Waals surface area contributed by atoms with Gasteiger partial charge in [0.05, 0.1) is 11.7 Å². The van der Waals surface area contributed by atoms with Crippen LogP contribution in [0.2, 0.25) is 0 Å². The van der Waals surface area contributed by atoms with Crippen LogP contribution in [0, 0.1) is 13.8 Å². The first-order valence-electron chi connectivity index (χ1n) is 8.74. The van der Waals surface area contributed by atoms with E-state index in [2.05, 4.69) is 5.32 Å². The fourth-order valence-electron chi connectivity index (χ4n) is 2.72. The van der Waals surface area contributed by atoms with E-state index in [1.807, 2.05) is 63.2 Å². The van der Waals surface area contributed by atoms with Crippen LogP contribution in [0.5, 0.6) is 0 Å². The highest BCUT2D eigenvalue weighted by Crippen LogP contribution is 2.25. The number of benzene rings is 2. The summed E-state index contributed by atoms with van der Waals surface area (Å²) < 4.78 is 28.0. The molecule has 0 bridgehead atoms. The molecular formula is C20H27N3O3S. The summed E-state index contributed by atoms with van der Waals surface area (Å²) in [6, 6.07) is 14.9. The molecule has 0 saturated heterocycles. The Bertz CT molecular complexity index is 896. The van der Waals surface area contributed by atoms with Crippen molar-refractivity contribution in [2.75, 3.05) is 24.9 Å². The van der Waals surface area contributed by atoms with Gasteiger partial charge in [0.2, 0.25) is 5.91 Å². The van der Waals surface area contributed by atoms with Gasteiger partial charge in [-0.15, -0.1) is 0 Å². The van der Waals surface area contributed by atoms with Crippen LogP contribution >= 0.6 is 0 Å². The molecule has 0 aromatic heterocycles. The maximum absolute atomic E-state index is 12.9. The molecule has 0 heterocycles. The molecule has 6 nitrogen and oxygen atoms in total. The van der Waals surface area contributed by atoms with Crippen molar-refractivity contribution in [2.45, 2.75) is 26.8 Å². The molecule has 0 radical (unpaired) electrons. The minimum Gasteiger partial charge on any atom is -0.348 e. The van der Waals surface area contributed by atoms with Gasteiger partial charge in [0, 0.05) is 14.1 Å². The summed E-state index contributed by atoms with van der Waals surface area (Å²) in [6.07, 6.45) is 0. The molecule has 2 aromatic carbocycles. The molecule has 0 fully saturated rings. The van der Waals surface area contributed by atoms with E-state index in [9.17, 15) is 13.2 Å². The molecule has 0 saturated carbocycles. The van der Waals surface area contributed by atoms with Gasteiger partial charge < -0.3 is 5.32 Å². The predicted molar refractivity (Wildman–Crippen MR) is 109 cm³/mol. The molecule has 7 heteroatoms. The molecule has 0 spiro atoms. The Kier molecular flexibility index (Phi) is 6.62. The van der Waals surface area contributed by atoms with Crippen LogP contribution in [0.15, 0.2) is 48.5 Å². The Hall–Kier alpha value is -2.38. The van der Waals surface area contributed by atoms with Crippen molar-refractivity contribution in [3.05, 3.63) is 65.2 Å². The van der Waals surface area contributed by atoms with Gasteiger partial charge in [-0.2, -0.15) is 12.7 Å². The number of nitrogens with zero attached hydrogens (tertiary/aromatic N) is 2. The summed E-state index contributed by atoms with van der Waals surface area (Å²) in [5, 5.41) is 2.88. The fraction of sp³-hybridized carbons (Fsp3) is 0.350. The summed E-state index contributed by atoms with van der Waals surface area (Å²) in [5.74, 6) is -0.363. The third-order valence-electron chi connectivity index (χ3n) is 4.34. The van der Waals surface area contributed by atoms with Crippen LogP contribution in [0.1, 0.15) is 29.7 Å². The molecule has 0 aliphatic carbocycles. The molecule has 27 heavy (non-hydrogen) atoms. The van der Waals surface area contributed by atoms with Crippen molar-refractivity contribution < 1.29 is 13.2 Å². The van der Waals surface area contributed by atoms with E-state index in [1.165, 1.54) is 14.1 Å². The smallest absolute Gasteiger partial charge is 0.304 e. The largest absolute Gasteiger partial charge is 0.348 e. The first-order valence-corrected chi connectivity index (χ1v) is 10.1. The second kappa shape index (κ2) is 8.54. The minimum atomic E-state index is -3.82. The summed E-state index contributed by atoms with van der Waals surface area (Å²) in [6.45, 7) is 5.30. The SMILES string of the molecule is Cc1ccc(C)c(N(CC(=O)N[C@@H](C)c2ccccc2)S(=O)(=O)N(C)C)c1.